The molecule has 0 radical (unpaired) electrons. The van der Waals surface area contributed by atoms with Crippen molar-refractivity contribution >= 4 is 16.6 Å². The minimum absolute atomic E-state index is 0.102. The lowest BCUT2D eigenvalue weighted by molar-refractivity contribution is -0.735. The molecule has 2 atom stereocenters. The van der Waals surface area contributed by atoms with Crippen molar-refractivity contribution in [1.29, 1.82) is 0 Å². The SMILES string of the molecule is CO[N+](=O)c1cc(CN2CC(C)OC(C)C2)c(O)c2ncccc12. The minimum atomic E-state index is 0.102. The fraction of sp³-hybridized carbons (Fsp3) is 0.471. The maximum absolute atomic E-state index is 12.0. The van der Waals surface area contributed by atoms with Gasteiger partial charge < -0.3 is 9.84 Å². The summed E-state index contributed by atoms with van der Waals surface area (Å²) in [5, 5.41) is 11.2. The number of benzene rings is 1. The molecule has 0 aliphatic carbocycles. The van der Waals surface area contributed by atoms with E-state index < -0.39 is 0 Å². The first-order chi connectivity index (χ1) is 11.5. The molecule has 0 bridgehead atoms. The molecule has 1 aliphatic rings. The van der Waals surface area contributed by atoms with E-state index in [0.717, 1.165) is 13.1 Å². The van der Waals surface area contributed by atoms with Gasteiger partial charge in [0, 0.05) is 37.5 Å². The summed E-state index contributed by atoms with van der Waals surface area (Å²) in [6, 6.07) is 5.13. The highest BCUT2D eigenvalue weighted by atomic mass is 16.8. The number of phenolic OH excluding ortho intramolecular Hbond substituents is 1. The second-order valence-electron chi connectivity index (χ2n) is 6.19. The number of phenols is 1. The van der Waals surface area contributed by atoms with Crippen LogP contribution < -0.4 is 0 Å². The number of nitrogens with zero attached hydrogens (tertiary/aromatic N) is 3. The van der Waals surface area contributed by atoms with Crippen molar-refractivity contribution < 1.29 is 19.6 Å². The van der Waals surface area contributed by atoms with Crippen molar-refractivity contribution in [3.8, 4) is 5.75 Å². The van der Waals surface area contributed by atoms with Gasteiger partial charge in [-0.3, -0.25) is 9.88 Å². The van der Waals surface area contributed by atoms with Gasteiger partial charge >= 0.3 is 5.69 Å². The molecule has 7 nitrogen and oxygen atoms in total. The molecule has 2 heterocycles. The Bertz CT molecular complexity index is 755. The maximum Gasteiger partial charge on any atom is 0.326 e. The van der Waals surface area contributed by atoms with Crippen molar-refractivity contribution in [2.24, 2.45) is 0 Å². The normalized spacial score (nSPS) is 21.8. The van der Waals surface area contributed by atoms with E-state index in [4.69, 9.17) is 9.57 Å². The molecule has 0 amide bonds. The zero-order valence-electron chi connectivity index (χ0n) is 14.1. The Morgan fingerprint density at radius 1 is 1.42 bits per heavy atom. The van der Waals surface area contributed by atoms with Crippen molar-refractivity contribution in [3.63, 3.8) is 0 Å². The number of hydrogen-bond acceptors (Lipinski definition) is 6. The first-order valence-corrected chi connectivity index (χ1v) is 7.98. The number of fused-ring (bicyclic) bond motifs is 1. The summed E-state index contributed by atoms with van der Waals surface area (Å²) in [4.78, 5) is 23.7. The van der Waals surface area contributed by atoms with Crippen LogP contribution >= 0.6 is 0 Å². The van der Waals surface area contributed by atoms with Crippen LogP contribution in [0.4, 0.5) is 5.69 Å². The molecular weight excluding hydrogens is 310 g/mol. The van der Waals surface area contributed by atoms with E-state index in [9.17, 15) is 10.0 Å². The highest BCUT2D eigenvalue weighted by Gasteiger charge is 2.27. The van der Waals surface area contributed by atoms with Crippen LogP contribution in [0.5, 0.6) is 5.75 Å². The summed E-state index contributed by atoms with van der Waals surface area (Å²) in [7, 11) is 1.31. The lowest BCUT2D eigenvalue weighted by atomic mass is 10.1. The van der Waals surface area contributed by atoms with Crippen LogP contribution in [0.25, 0.3) is 10.9 Å². The standard InChI is InChI=1S/C17H21N3O4/c1-11-8-19(9-12(2)24-11)10-13-7-15(20(22)23-3)14-5-4-6-18-16(14)17(13)21/h4-7,11-12H,8-10H2,1-3H3/p+1. The number of morpholine rings is 1. The van der Waals surface area contributed by atoms with Crippen molar-refractivity contribution in [3.05, 3.63) is 34.9 Å². The Hall–Kier alpha value is -2.25. The molecule has 1 N–H and O–H groups in total. The number of pyridine rings is 1. The fourth-order valence-corrected chi connectivity index (χ4v) is 3.29. The van der Waals surface area contributed by atoms with Gasteiger partial charge in [-0.05, 0) is 26.0 Å². The van der Waals surface area contributed by atoms with Crippen molar-refractivity contribution in [2.75, 3.05) is 20.2 Å². The molecule has 1 fully saturated rings. The molecule has 2 unspecified atom stereocenters. The molecule has 1 aromatic heterocycles. The Balaban J connectivity index is 2.01. The summed E-state index contributed by atoms with van der Waals surface area (Å²) >= 11 is 0. The zero-order valence-corrected chi connectivity index (χ0v) is 14.1. The molecular formula is C17H22N3O4+. The van der Waals surface area contributed by atoms with E-state index in [1.165, 1.54) is 7.11 Å². The van der Waals surface area contributed by atoms with Gasteiger partial charge in [-0.25, -0.2) is 4.84 Å². The third kappa shape index (κ3) is 3.18. The second-order valence-corrected chi connectivity index (χ2v) is 6.19. The minimum Gasteiger partial charge on any atom is -0.505 e. The summed E-state index contributed by atoms with van der Waals surface area (Å²) in [6.45, 7) is 6.11. The van der Waals surface area contributed by atoms with Crippen LogP contribution in [-0.2, 0) is 16.1 Å². The molecule has 0 saturated carbocycles. The number of aromatic hydroxyl groups is 1. The van der Waals surface area contributed by atoms with Gasteiger partial charge in [0.2, 0.25) is 0 Å². The molecule has 3 rings (SSSR count). The predicted octanol–water partition coefficient (Wildman–Crippen LogP) is 2.52. The summed E-state index contributed by atoms with van der Waals surface area (Å²) < 4.78 is 5.74. The van der Waals surface area contributed by atoms with E-state index in [1.54, 1.807) is 24.4 Å². The van der Waals surface area contributed by atoms with Gasteiger partial charge in [0.25, 0.3) is 4.92 Å². The van der Waals surface area contributed by atoms with Crippen LogP contribution in [0.3, 0.4) is 0 Å². The smallest absolute Gasteiger partial charge is 0.326 e. The zero-order chi connectivity index (χ0) is 17.3. The topological polar surface area (TPSA) is 74.9 Å². The highest BCUT2D eigenvalue weighted by molar-refractivity contribution is 5.93. The summed E-state index contributed by atoms with van der Waals surface area (Å²) in [6.07, 6.45) is 1.85. The average molecular weight is 332 g/mol. The first-order valence-electron chi connectivity index (χ1n) is 7.98. The molecule has 2 aromatic rings. The number of hydrogen-bond donors (Lipinski definition) is 1. The quantitative estimate of drug-likeness (QED) is 0.867. The molecule has 1 saturated heterocycles. The molecule has 24 heavy (non-hydrogen) atoms. The fourth-order valence-electron chi connectivity index (χ4n) is 3.29. The lowest BCUT2D eigenvalue weighted by Crippen LogP contribution is -2.44. The highest BCUT2D eigenvalue weighted by Crippen LogP contribution is 2.35. The van der Waals surface area contributed by atoms with Crippen molar-refractivity contribution in [1.82, 2.24) is 9.88 Å². The van der Waals surface area contributed by atoms with E-state index in [2.05, 4.69) is 9.88 Å². The molecule has 0 spiro atoms. The Morgan fingerprint density at radius 2 is 2.12 bits per heavy atom. The summed E-state index contributed by atoms with van der Waals surface area (Å²) in [5.74, 6) is 0.102. The van der Waals surface area contributed by atoms with E-state index in [-0.39, 0.29) is 18.0 Å². The number of rotatable bonds is 4. The third-order valence-corrected chi connectivity index (χ3v) is 4.17. The van der Waals surface area contributed by atoms with Gasteiger partial charge in [-0.15, -0.1) is 0 Å². The van der Waals surface area contributed by atoms with Crippen molar-refractivity contribution in [2.45, 2.75) is 32.6 Å². The van der Waals surface area contributed by atoms with Gasteiger partial charge in [0.05, 0.1) is 22.5 Å². The Morgan fingerprint density at radius 3 is 2.79 bits per heavy atom. The van der Waals surface area contributed by atoms with Gasteiger partial charge in [-0.1, -0.05) is 0 Å². The van der Waals surface area contributed by atoms with E-state index in [0.29, 0.717) is 33.6 Å². The van der Waals surface area contributed by atoms with E-state index >= 15 is 0 Å². The monoisotopic (exact) mass is 332 g/mol. The van der Waals surface area contributed by atoms with Gasteiger partial charge in [0.15, 0.2) is 7.11 Å². The number of ether oxygens (including phenoxy) is 1. The van der Waals surface area contributed by atoms with Crippen LogP contribution in [0.1, 0.15) is 19.4 Å². The first kappa shape index (κ1) is 16.6. The largest absolute Gasteiger partial charge is 0.505 e. The summed E-state index contributed by atoms with van der Waals surface area (Å²) in [5.41, 5.74) is 1.38. The Kier molecular flexibility index (Phi) is 4.64. The third-order valence-electron chi connectivity index (χ3n) is 4.17. The van der Waals surface area contributed by atoms with Gasteiger partial charge in [0.1, 0.15) is 11.3 Å². The van der Waals surface area contributed by atoms with Crippen LogP contribution in [0, 0.1) is 4.91 Å². The lowest BCUT2D eigenvalue weighted by Gasteiger charge is -2.35. The molecule has 1 aliphatic heterocycles. The van der Waals surface area contributed by atoms with Crippen LogP contribution in [0.15, 0.2) is 24.4 Å². The Labute approximate surface area is 140 Å². The molecule has 7 heteroatoms. The van der Waals surface area contributed by atoms with Crippen LogP contribution in [0.2, 0.25) is 0 Å². The second kappa shape index (κ2) is 6.70. The number of aromatic nitrogens is 1. The molecule has 1 aromatic carbocycles. The predicted molar refractivity (Wildman–Crippen MR) is 89.0 cm³/mol. The van der Waals surface area contributed by atoms with Crippen LogP contribution in [-0.4, -0.2) is 52.3 Å². The maximum atomic E-state index is 12.0. The molecule has 128 valence electrons. The van der Waals surface area contributed by atoms with E-state index in [1.807, 2.05) is 13.8 Å². The van der Waals surface area contributed by atoms with Gasteiger partial charge in [-0.2, -0.15) is 0 Å². The average Bonchev–Trinajstić information content (AvgIpc) is 2.56.